The van der Waals surface area contributed by atoms with Gasteiger partial charge in [0, 0.05) is 6.54 Å². The van der Waals surface area contributed by atoms with Crippen molar-refractivity contribution in [3.05, 3.63) is 42.2 Å². The largest absolute Gasteiger partial charge is 0.365 e. The van der Waals surface area contributed by atoms with Crippen molar-refractivity contribution in [2.45, 2.75) is 26.1 Å². The van der Waals surface area contributed by atoms with Crippen molar-refractivity contribution in [1.82, 2.24) is 25.0 Å². The second-order valence-electron chi connectivity index (χ2n) is 5.70. The first-order chi connectivity index (χ1) is 10.5. The van der Waals surface area contributed by atoms with E-state index in [0.29, 0.717) is 23.5 Å². The van der Waals surface area contributed by atoms with Crippen LogP contribution in [0.25, 0.3) is 11.2 Å². The highest BCUT2D eigenvalue weighted by atomic mass is 19.1. The van der Waals surface area contributed by atoms with E-state index in [1.54, 1.807) is 4.68 Å². The normalized spacial score (nSPS) is 11.8. The predicted octanol–water partition coefficient (Wildman–Crippen LogP) is 2.43. The van der Waals surface area contributed by atoms with Crippen LogP contribution in [0.2, 0.25) is 0 Å². The zero-order chi connectivity index (χ0) is 15.6. The van der Waals surface area contributed by atoms with Crippen molar-refractivity contribution in [2.75, 3.05) is 11.9 Å². The molecular weight excluding hydrogens is 283 g/mol. The number of nitrogens with zero attached hydrogens (tertiary/aromatic N) is 5. The molecule has 0 atom stereocenters. The monoisotopic (exact) mass is 300 g/mol. The summed E-state index contributed by atoms with van der Waals surface area (Å²) in [6.45, 7) is 3.72. The third-order valence-corrected chi connectivity index (χ3v) is 3.15. The third-order valence-electron chi connectivity index (χ3n) is 3.15. The minimum Gasteiger partial charge on any atom is -0.365 e. The van der Waals surface area contributed by atoms with Crippen molar-refractivity contribution >= 4 is 17.0 Å². The Kier molecular flexibility index (Phi) is 3.70. The molecule has 0 spiro atoms. The molecule has 3 aromatic rings. The van der Waals surface area contributed by atoms with Gasteiger partial charge in [0.1, 0.15) is 12.0 Å². The van der Waals surface area contributed by atoms with E-state index in [0.717, 1.165) is 5.56 Å². The van der Waals surface area contributed by atoms with E-state index in [9.17, 15) is 4.39 Å². The van der Waals surface area contributed by atoms with E-state index in [1.807, 2.05) is 30.3 Å². The topological polar surface area (TPSA) is 68.5 Å². The van der Waals surface area contributed by atoms with E-state index in [-0.39, 0.29) is 6.54 Å². The van der Waals surface area contributed by atoms with Crippen molar-refractivity contribution in [2.24, 2.45) is 0 Å². The average Bonchev–Trinajstić information content (AvgIpc) is 2.89. The summed E-state index contributed by atoms with van der Waals surface area (Å²) in [6.07, 6.45) is 1.43. The number of aromatic nitrogens is 5. The Morgan fingerprint density at radius 1 is 1.18 bits per heavy atom. The highest BCUT2D eigenvalue weighted by molar-refractivity contribution is 5.81. The van der Waals surface area contributed by atoms with Gasteiger partial charge in [-0.1, -0.05) is 35.5 Å². The molecule has 2 heterocycles. The number of hydrogen-bond donors (Lipinski definition) is 1. The van der Waals surface area contributed by atoms with Crippen molar-refractivity contribution < 1.29 is 4.39 Å². The molecule has 6 nitrogen and oxygen atoms in total. The Morgan fingerprint density at radius 3 is 2.68 bits per heavy atom. The lowest BCUT2D eigenvalue weighted by atomic mass is 10.2. The summed E-state index contributed by atoms with van der Waals surface area (Å²) in [5, 5.41) is 11.2. The van der Waals surface area contributed by atoms with Gasteiger partial charge in [0.25, 0.3) is 0 Å². The minimum atomic E-state index is -1.34. The summed E-state index contributed by atoms with van der Waals surface area (Å²) in [6, 6.07) is 9.93. The SMILES string of the molecule is CC(C)(F)CNc1ncnc2c1nnn2Cc1ccccc1. The standard InChI is InChI=1S/C15H17FN6/c1-15(2,16)9-17-13-12-14(19-10-18-13)22(21-20-12)8-11-6-4-3-5-7-11/h3-7,10H,8-9H2,1-2H3,(H,17,18,19). The third kappa shape index (κ3) is 3.19. The fourth-order valence-electron chi connectivity index (χ4n) is 2.08. The fraction of sp³-hybridized carbons (Fsp3) is 0.333. The van der Waals surface area contributed by atoms with Gasteiger partial charge in [-0.3, -0.25) is 0 Å². The molecule has 2 aromatic heterocycles. The lowest BCUT2D eigenvalue weighted by molar-refractivity contribution is 0.235. The van der Waals surface area contributed by atoms with Crippen LogP contribution in [0.3, 0.4) is 0 Å². The number of nitrogens with one attached hydrogen (secondary N) is 1. The molecule has 1 N–H and O–H groups in total. The van der Waals surface area contributed by atoms with Crippen LogP contribution in [-0.4, -0.2) is 37.2 Å². The summed E-state index contributed by atoms with van der Waals surface area (Å²) in [5.41, 5.74) is 0.935. The number of anilines is 1. The Balaban J connectivity index is 1.88. The Morgan fingerprint density at radius 2 is 1.95 bits per heavy atom. The molecule has 3 rings (SSSR count). The number of rotatable bonds is 5. The quantitative estimate of drug-likeness (QED) is 0.783. The van der Waals surface area contributed by atoms with Gasteiger partial charge in [0.15, 0.2) is 17.0 Å². The number of fused-ring (bicyclic) bond motifs is 1. The number of hydrogen-bond acceptors (Lipinski definition) is 5. The van der Waals surface area contributed by atoms with Crippen molar-refractivity contribution in [1.29, 1.82) is 0 Å². The molecule has 1 aromatic carbocycles. The van der Waals surface area contributed by atoms with Crippen LogP contribution in [0.5, 0.6) is 0 Å². The summed E-state index contributed by atoms with van der Waals surface area (Å²) < 4.78 is 15.3. The highest BCUT2D eigenvalue weighted by Crippen LogP contribution is 2.18. The number of halogens is 1. The van der Waals surface area contributed by atoms with Gasteiger partial charge in [0.2, 0.25) is 0 Å². The van der Waals surface area contributed by atoms with Gasteiger partial charge in [-0.2, -0.15) is 0 Å². The van der Waals surface area contributed by atoms with E-state index in [2.05, 4.69) is 25.6 Å². The van der Waals surface area contributed by atoms with Gasteiger partial charge >= 0.3 is 0 Å². The lowest BCUT2D eigenvalue weighted by Crippen LogP contribution is -2.24. The van der Waals surface area contributed by atoms with E-state index < -0.39 is 5.67 Å². The van der Waals surface area contributed by atoms with Crippen LogP contribution in [0.4, 0.5) is 10.2 Å². The molecule has 0 aliphatic rings. The fourth-order valence-corrected chi connectivity index (χ4v) is 2.08. The van der Waals surface area contributed by atoms with E-state index in [1.165, 1.54) is 20.2 Å². The smallest absolute Gasteiger partial charge is 0.184 e. The molecule has 0 fully saturated rings. The van der Waals surface area contributed by atoms with Crippen LogP contribution in [0.1, 0.15) is 19.4 Å². The molecule has 114 valence electrons. The summed E-state index contributed by atoms with van der Waals surface area (Å²) in [7, 11) is 0. The van der Waals surface area contributed by atoms with Crippen LogP contribution < -0.4 is 5.32 Å². The van der Waals surface area contributed by atoms with Crippen LogP contribution in [0.15, 0.2) is 36.7 Å². The maximum Gasteiger partial charge on any atom is 0.184 e. The van der Waals surface area contributed by atoms with Crippen molar-refractivity contribution in [3.63, 3.8) is 0 Å². The molecule has 0 saturated carbocycles. The van der Waals surface area contributed by atoms with Gasteiger partial charge in [-0.05, 0) is 19.4 Å². The van der Waals surface area contributed by atoms with Crippen LogP contribution >= 0.6 is 0 Å². The highest BCUT2D eigenvalue weighted by Gasteiger charge is 2.17. The van der Waals surface area contributed by atoms with Gasteiger partial charge in [-0.25, -0.2) is 19.0 Å². The number of benzene rings is 1. The molecule has 0 unspecified atom stereocenters. The number of alkyl halides is 1. The van der Waals surface area contributed by atoms with Crippen LogP contribution in [0, 0.1) is 0 Å². The molecule has 0 radical (unpaired) electrons. The van der Waals surface area contributed by atoms with E-state index >= 15 is 0 Å². The summed E-state index contributed by atoms with van der Waals surface area (Å²) in [5.74, 6) is 0.495. The zero-order valence-corrected chi connectivity index (χ0v) is 12.5. The molecule has 0 aliphatic carbocycles. The molecule has 0 saturated heterocycles. The Hall–Kier alpha value is -2.57. The molecule has 7 heteroatoms. The lowest BCUT2D eigenvalue weighted by Gasteiger charge is -2.14. The maximum atomic E-state index is 13.6. The zero-order valence-electron chi connectivity index (χ0n) is 12.5. The second-order valence-corrected chi connectivity index (χ2v) is 5.70. The molecule has 0 bridgehead atoms. The van der Waals surface area contributed by atoms with Gasteiger partial charge in [0.05, 0.1) is 6.54 Å². The molecule has 0 amide bonds. The van der Waals surface area contributed by atoms with Crippen LogP contribution in [-0.2, 0) is 6.54 Å². The van der Waals surface area contributed by atoms with Gasteiger partial charge in [-0.15, -0.1) is 5.10 Å². The first-order valence-corrected chi connectivity index (χ1v) is 7.04. The van der Waals surface area contributed by atoms with E-state index in [4.69, 9.17) is 0 Å². The maximum absolute atomic E-state index is 13.6. The molecular formula is C15H17FN6. The molecule has 0 aliphatic heterocycles. The second kappa shape index (κ2) is 5.67. The summed E-state index contributed by atoms with van der Waals surface area (Å²) in [4.78, 5) is 8.36. The Labute approximate surface area is 127 Å². The Bertz CT molecular complexity index is 763. The summed E-state index contributed by atoms with van der Waals surface area (Å²) >= 11 is 0. The minimum absolute atomic E-state index is 0.144. The predicted molar refractivity (Wildman–Crippen MR) is 82.3 cm³/mol. The first-order valence-electron chi connectivity index (χ1n) is 7.04. The molecule has 22 heavy (non-hydrogen) atoms. The average molecular weight is 300 g/mol. The first kappa shape index (κ1) is 14.4. The van der Waals surface area contributed by atoms with Crippen molar-refractivity contribution in [3.8, 4) is 0 Å². The van der Waals surface area contributed by atoms with Gasteiger partial charge < -0.3 is 5.32 Å².